The Morgan fingerprint density at radius 3 is 1.82 bits per heavy atom. The number of fused-ring (bicyclic) bond motifs is 2. The molecule has 2 aromatic heterocycles. The average Bonchev–Trinajstić information content (AvgIpc) is 2.86. The second-order valence-corrected chi connectivity index (χ2v) is 7.95. The van der Waals surface area contributed by atoms with Gasteiger partial charge < -0.3 is 4.74 Å². The van der Waals surface area contributed by atoms with Gasteiger partial charge in [-0.2, -0.15) is 0 Å². The predicted octanol–water partition coefficient (Wildman–Crippen LogP) is 6.30. The Morgan fingerprint density at radius 1 is 0.667 bits per heavy atom. The van der Waals surface area contributed by atoms with Crippen LogP contribution in [0.25, 0.3) is 34.2 Å². The SMILES string of the molecule is CCCCCCCCOc1nc2ccccc2nc1/C=C/c1nc2ccccc2nc1C=O. The van der Waals surface area contributed by atoms with Gasteiger partial charge in [0.25, 0.3) is 0 Å². The van der Waals surface area contributed by atoms with E-state index in [0.29, 0.717) is 29.4 Å². The first-order valence-corrected chi connectivity index (χ1v) is 11.6. The summed E-state index contributed by atoms with van der Waals surface area (Å²) in [7, 11) is 0. The molecule has 4 aromatic rings. The fraction of sp³-hybridized carbons (Fsp3) is 0.296. The number of nitrogens with zero attached hydrogens (tertiary/aromatic N) is 4. The van der Waals surface area contributed by atoms with Crippen molar-refractivity contribution in [3.8, 4) is 5.88 Å². The average molecular weight is 441 g/mol. The number of hydrogen-bond acceptors (Lipinski definition) is 6. The molecule has 4 rings (SSSR count). The summed E-state index contributed by atoms with van der Waals surface area (Å²) in [6.07, 6.45) is 11.4. The van der Waals surface area contributed by atoms with Gasteiger partial charge in [0, 0.05) is 0 Å². The van der Waals surface area contributed by atoms with Gasteiger partial charge in [-0.15, -0.1) is 0 Å². The van der Waals surface area contributed by atoms with Crippen molar-refractivity contribution in [1.29, 1.82) is 0 Å². The molecule has 0 aliphatic rings. The first-order chi connectivity index (χ1) is 16.3. The molecule has 33 heavy (non-hydrogen) atoms. The van der Waals surface area contributed by atoms with E-state index in [-0.39, 0.29) is 5.69 Å². The Hall–Kier alpha value is -3.67. The molecule has 2 aromatic carbocycles. The third kappa shape index (κ3) is 5.77. The number of carbonyl (C=O) groups excluding carboxylic acids is 1. The number of hydrogen-bond donors (Lipinski definition) is 0. The van der Waals surface area contributed by atoms with Crippen LogP contribution in [0.15, 0.2) is 48.5 Å². The lowest BCUT2D eigenvalue weighted by molar-refractivity contribution is 0.111. The molecule has 0 bridgehead atoms. The highest BCUT2D eigenvalue weighted by Crippen LogP contribution is 2.22. The van der Waals surface area contributed by atoms with Crippen molar-refractivity contribution in [2.75, 3.05) is 6.61 Å². The standard InChI is InChI=1S/C27H28N4O2/c1-2-3-4-5-6-11-18-33-27-25(29-22-14-9-10-15-23(22)31-27)17-16-24-26(19-32)30-21-13-8-7-12-20(21)28-24/h7-10,12-17,19H,2-6,11,18H2,1H3/b17-16+. The summed E-state index contributed by atoms with van der Waals surface area (Å²) in [5.41, 5.74) is 4.35. The van der Waals surface area contributed by atoms with Gasteiger partial charge in [-0.05, 0) is 42.8 Å². The lowest BCUT2D eigenvalue weighted by Crippen LogP contribution is -2.03. The molecule has 0 fully saturated rings. The number of para-hydroxylation sites is 4. The van der Waals surface area contributed by atoms with Crippen LogP contribution in [0.2, 0.25) is 0 Å². The van der Waals surface area contributed by atoms with Crippen molar-refractivity contribution in [2.24, 2.45) is 0 Å². The van der Waals surface area contributed by atoms with Crippen molar-refractivity contribution in [2.45, 2.75) is 45.4 Å². The molecule has 0 N–H and O–H groups in total. The Morgan fingerprint density at radius 2 is 1.18 bits per heavy atom. The molecule has 0 spiro atoms. The fourth-order valence-corrected chi connectivity index (χ4v) is 3.66. The summed E-state index contributed by atoms with van der Waals surface area (Å²) in [5, 5.41) is 0. The van der Waals surface area contributed by atoms with Crippen LogP contribution < -0.4 is 4.74 Å². The third-order valence-corrected chi connectivity index (χ3v) is 5.44. The van der Waals surface area contributed by atoms with Crippen LogP contribution in [-0.2, 0) is 0 Å². The summed E-state index contributed by atoms with van der Waals surface area (Å²) < 4.78 is 6.04. The second-order valence-electron chi connectivity index (χ2n) is 7.95. The lowest BCUT2D eigenvalue weighted by atomic mass is 10.1. The number of rotatable bonds is 11. The predicted molar refractivity (Wildman–Crippen MR) is 132 cm³/mol. The first-order valence-electron chi connectivity index (χ1n) is 11.6. The van der Waals surface area contributed by atoms with E-state index in [1.165, 1.54) is 25.7 Å². The molecule has 2 heterocycles. The zero-order chi connectivity index (χ0) is 22.9. The van der Waals surface area contributed by atoms with Crippen LogP contribution >= 0.6 is 0 Å². The van der Waals surface area contributed by atoms with Crippen LogP contribution in [0, 0.1) is 0 Å². The monoisotopic (exact) mass is 440 g/mol. The van der Waals surface area contributed by atoms with Crippen molar-refractivity contribution in [3.05, 3.63) is 65.6 Å². The summed E-state index contributed by atoms with van der Waals surface area (Å²) in [6, 6.07) is 15.2. The van der Waals surface area contributed by atoms with Crippen LogP contribution in [0.3, 0.4) is 0 Å². The molecule has 0 aliphatic heterocycles. The first kappa shape index (κ1) is 22.5. The Bertz CT molecular complexity index is 1270. The van der Waals surface area contributed by atoms with Crippen molar-refractivity contribution < 1.29 is 9.53 Å². The van der Waals surface area contributed by atoms with Gasteiger partial charge in [0.1, 0.15) is 11.4 Å². The Kier molecular flexibility index (Phi) is 7.69. The Labute approximate surface area is 193 Å². The zero-order valence-corrected chi connectivity index (χ0v) is 18.9. The highest BCUT2D eigenvalue weighted by Gasteiger charge is 2.10. The van der Waals surface area contributed by atoms with Crippen molar-refractivity contribution >= 4 is 40.5 Å². The number of aldehydes is 1. The zero-order valence-electron chi connectivity index (χ0n) is 18.9. The van der Waals surface area contributed by atoms with E-state index >= 15 is 0 Å². The normalized spacial score (nSPS) is 11.4. The smallest absolute Gasteiger partial charge is 0.240 e. The summed E-state index contributed by atoms with van der Waals surface area (Å²) >= 11 is 0. The number of aromatic nitrogens is 4. The molecular weight excluding hydrogens is 412 g/mol. The quantitative estimate of drug-likeness (QED) is 0.201. The summed E-state index contributed by atoms with van der Waals surface area (Å²) in [6.45, 7) is 2.81. The molecule has 0 saturated heterocycles. The molecule has 6 heteroatoms. The number of benzene rings is 2. The van der Waals surface area contributed by atoms with Crippen LogP contribution in [0.1, 0.15) is 67.3 Å². The van der Waals surface area contributed by atoms with E-state index in [1.807, 2.05) is 48.5 Å². The molecule has 0 radical (unpaired) electrons. The third-order valence-electron chi connectivity index (χ3n) is 5.44. The molecule has 0 saturated carbocycles. The molecule has 6 nitrogen and oxygen atoms in total. The lowest BCUT2D eigenvalue weighted by Gasteiger charge is -2.09. The van der Waals surface area contributed by atoms with E-state index < -0.39 is 0 Å². The number of carbonyl (C=O) groups is 1. The molecule has 168 valence electrons. The minimum Gasteiger partial charge on any atom is -0.476 e. The molecule has 0 atom stereocenters. The maximum atomic E-state index is 11.6. The molecule has 0 unspecified atom stereocenters. The van der Waals surface area contributed by atoms with E-state index in [9.17, 15) is 4.79 Å². The van der Waals surface area contributed by atoms with E-state index in [0.717, 1.165) is 35.7 Å². The van der Waals surface area contributed by atoms with Crippen LogP contribution in [0.4, 0.5) is 0 Å². The number of ether oxygens (including phenoxy) is 1. The van der Waals surface area contributed by atoms with Gasteiger partial charge in [-0.1, -0.05) is 63.3 Å². The van der Waals surface area contributed by atoms with Crippen molar-refractivity contribution in [1.82, 2.24) is 19.9 Å². The number of unbranched alkanes of at least 4 members (excludes halogenated alkanes) is 5. The maximum absolute atomic E-state index is 11.6. The fourth-order valence-electron chi connectivity index (χ4n) is 3.66. The van der Waals surface area contributed by atoms with Gasteiger partial charge in [-0.25, -0.2) is 19.9 Å². The topological polar surface area (TPSA) is 77.9 Å². The van der Waals surface area contributed by atoms with E-state index in [4.69, 9.17) is 9.72 Å². The van der Waals surface area contributed by atoms with Gasteiger partial charge in [0.05, 0.1) is 34.4 Å². The molecule has 0 aliphatic carbocycles. The largest absolute Gasteiger partial charge is 0.476 e. The summed E-state index contributed by atoms with van der Waals surface area (Å²) in [4.78, 5) is 30.0. The van der Waals surface area contributed by atoms with Gasteiger partial charge in [-0.3, -0.25) is 4.79 Å². The second kappa shape index (κ2) is 11.3. The maximum Gasteiger partial charge on any atom is 0.240 e. The van der Waals surface area contributed by atoms with Crippen LogP contribution in [-0.4, -0.2) is 32.8 Å². The van der Waals surface area contributed by atoms with E-state index in [2.05, 4.69) is 21.9 Å². The Balaban J connectivity index is 1.58. The highest BCUT2D eigenvalue weighted by atomic mass is 16.5. The van der Waals surface area contributed by atoms with Gasteiger partial charge in [0.15, 0.2) is 6.29 Å². The summed E-state index contributed by atoms with van der Waals surface area (Å²) in [5.74, 6) is 0.486. The van der Waals surface area contributed by atoms with E-state index in [1.54, 1.807) is 12.2 Å². The van der Waals surface area contributed by atoms with Crippen LogP contribution in [0.5, 0.6) is 5.88 Å². The van der Waals surface area contributed by atoms with Crippen molar-refractivity contribution in [3.63, 3.8) is 0 Å². The minimum atomic E-state index is 0.285. The minimum absolute atomic E-state index is 0.285. The van der Waals surface area contributed by atoms with Gasteiger partial charge >= 0.3 is 0 Å². The highest BCUT2D eigenvalue weighted by molar-refractivity contribution is 5.87. The molecule has 0 amide bonds. The van der Waals surface area contributed by atoms with Gasteiger partial charge in [0.2, 0.25) is 5.88 Å². The molecular formula is C27H28N4O2.